The molecule has 83 valence electrons. The highest BCUT2D eigenvalue weighted by Gasteiger charge is 1.97. The smallest absolute Gasteiger partial charge is 0.303 e. The number of likely N-dealkylation sites (N-methyl/N-ethyl adjacent to an activating group) is 1. The molecule has 0 saturated carbocycles. The lowest BCUT2D eigenvalue weighted by Crippen LogP contribution is -2.23. The zero-order chi connectivity index (χ0) is 11.7. The van der Waals surface area contributed by atoms with E-state index in [0.717, 1.165) is 6.42 Å². The Morgan fingerprint density at radius 3 is 2.33 bits per heavy atom. The normalized spacial score (nSPS) is 11.1. The Balaban J connectivity index is 0.000000423. The van der Waals surface area contributed by atoms with Crippen molar-refractivity contribution in [2.24, 2.45) is 0 Å². The van der Waals surface area contributed by atoms with Crippen LogP contribution >= 0.6 is 0 Å². The number of hydrogen-bond donors (Lipinski definition) is 2. The van der Waals surface area contributed by atoms with Crippen molar-refractivity contribution in [3.05, 3.63) is 42.8 Å². The van der Waals surface area contributed by atoms with Gasteiger partial charge in [0.15, 0.2) is 0 Å². The minimum atomic E-state index is -1.08. The van der Waals surface area contributed by atoms with Gasteiger partial charge in [-0.2, -0.15) is 0 Å². The van der Waals surface area contributed by atoms with Crippen LogP contribution in [-0.4, -0.2) is 24.2 Å². The Hall–Kier alpha value is -1.35. The van der Waals surface area contributed by atoms with Gasteiger partial charge < -0.3 is 10.4 Å². The summed E-state index contributed by atoms with van der Waals surface area (Å²) in [6, 6.07) is 11.1. The van der Waals surface area contributed by atoms with Gasteiger partial charge in [-0.15, -0.1) is 0 Å². The number of rotatable bonds is 3. The van der Waals surface area contributed by atoms with Crippen molar-refractivity contribution in [1.29, 1.82) is 0 Å². The number of benzene rings is 1. The molecule has 0 aliphatic carbocycles. The maximum atomic E-state index is 8.89. The lowest BCUT2D eigenvalue weighted by atomic mass is 10.1. The molecule has 0 aliphatic heterocycles. The van der Waals surface area contributed by atoms with Gasteiger partial charge in [0.1, 0.15) is 0 Å². The van der Waals surface area contributed by atoms with Crippen molar-refractivity contribution in [3.8, 4) is 0 Å². The minimum Gasteiger partial charge on any atom is -0.481 e. The molecule has 3 nitrogen and oxygen atoms in total. The standard InChI is InChI=1S/C10H15N.C2H3O2/c1-9(11-2)8-10-6-4-3-5-7-10;1-2(3)4/h3-7,9,11H,8H2,1-2H3;1H2,(H,3,4)/t9-;/m0./s1. The summed E-state index contributed by atoms with van der Waals surface area (Å²) in [6.07, 6.45) is 1.11. The van der Waals surface area contributed by atoms with Crippen molar-refractivity contribution < 1.29 is 9.90 Å². The van der Waals surface area contributed by atoms with E-state index in [-0.39, 0.29) is 0 Å². The van der Waals surface area contributed by atoms with Crippen LogP contribution in [0.15, 0.2) is 30.3 Å². The molecule has 1 aromatic rings. The van der Waals surface area contributed by atoms with Gasteiger partial charge in [-0.25, -0.2) is 0 Å². The average molecular weight is 208 g/mol. The first-order chi connectivity index (χ1) is 7.06. The van der Waals surface area contributed by atoms with E-state index in [1.165, 1.54) is 5.56 Å². The number of hydrogen-bond acceptors (Lipinski definition) is 2. The fraction of sp³-hybridized carbons (Fsp3) is 0.333. The molecule has 3 heteroatoms. The number of carboxylic acids is 1. The van der Waals surface area contributed by atoms with Crippen molar-refractivity contribution >= 4 is 5.97 Å². The molecule has 1 aromatic carbocycles. The lowest BCUT2D eigenvalue weighted by molar-refractivity contribution is -0.131. The summed E-state index contributed by atoms with van der Waals surface area (Å²) in [6.45, 7) is 4.74. The van der Waals surface area contributed by atoms with E-state index in [4.69, 9.17) is 9.90 Å². The maximum absolute atomic E-state index is 8.89. The predicted molar refractivity (Wildman–Crippen MR) is 61.7 cm³/mol. The van der Waals surface area contributed by atoms with Crippen molar-refractivity contribution in [3.63, 3.8) is 0 Å². The summed E-state index contributed by atoms with van der Waals surface area (Å²) in [4.78, 5) is 8.89. The Morgan fingerprint density at radius 1 is 1.47 bits per heavy atom. The summed E-state index contributed by atoms with van der Waals surface area (Å²) >= 11 is 0. The molecule has 15 heavy (non-hydrogen) atoms. The SMILES string of the molecule is CN[C@@H](C)Cc1ccccc1.[CH2]C(=O)O. The maximum Gasteiger partial charge on any atom is 0.303 e. The van der Waals surface area contributed by atoms with Gasteiger partial charge in [-0.3, -0.25) is 4.79 Å². The fourth-order valence-electron chi connectivity index (χ4n) is 1.07. The monoisotopic (exact) mass is 208 g/mol. The molecule has 2 N–H and O–H groups in total. The van der Waals surface area contributed by atoms with Crippen LogP contribution in [0.25, 0.3) is 0 Å². The number of carbonyl (C=O) groups is 1. The topological polar surface area (TPSA) is 49.3 Å². The molecule has 0 spiro atoms. The van der Waals surface area contributed by atoms with Gasteiger partial charge in [0, 0.05) is 6.04 Å². The molecule has 0 unspecified atom stereocenters. The molecule has 1 radical (unpaired) electrons. The second-order valence-electron chi connectivity index (χ2n) is 3.27. The highest BCUT2D eigenvalue weighted by atomic mass is 16.4. The molecular weight excluding hydrogens is 190 g/mol. The van der Waals surface area contributed by atoms with Crippen molar-refractivity contribution in [1.82, 2.24) is 5.32 Å². The van der Waals surface area contributed by atoms with Crippen molar-refractivity contribution in [2.75, 3.05) is 7.05 Å². The summed E-state index contributed by atoms with van der Waals surface area (Å²) < 4.78 is 0. The third kappa shape index (κ3) is 8.97. The molecule has 0 fully saturated rings. The van der Waals surface area contributed by atoms with E-state index in [0.29, 0.717) is 6.04 Å². The van der Waals surface area contributed by atoms with Crippen LogP contribution in [0.4, 0.5) is 0 Å². The summed E-state index contributed by atoms with van der Waals surface area (Å²) in [5.41, 5.74) is 1.40. The van der Waals surface area contributed by atoms with Crippen LogP contribution in [0.5, 0.6) is 0 Å². The van der Waals surface area contributed by atoms with E-state index in [1.807, 2.05) is 13.1 Å². The third-order valence-corrected chi connectivity index (χ3v) is 1.88. The highest BCUT2D eigenvalue weighted by molar-refractivity contribution is 5.71. The third-order valence-electron chi connectivity index (χ3n) is 1.88. The minimum absolute atomic E-state index is 0.567. The van der Waals surface area contributed by atoms with Crippen LogP contribution in [0.1, 0.15) is 12.5 Å². The molecule has 0 heterocycles. The lowest BCUT2D eigenvalue weighted by Gasteiger charge is -2.08. The number of carboxylic acid groups (broad SMARTS) is 1. The average Bonchev–Trinajstić information content (AvgIpc) is 2.18. The van der Waals surface area contributed by atoms with Gasteiger partial charge in [0.2, 0.25) is 0 Å². The zero-order valence-corrected chi connectivity index (χ0v) is 9.23. The van der Waals surface area contributed by atoms with Crippen LogP contribution in [-0.2, 0) is 11.2 Å². The quantitative estimate of drug-likeness (QED) is 0.795. The fourth-order valence-corrected chi connectivity index (χ4v) is 1.07. The molecule has 0 bridgehead atoms. The molecule has 0 saturated heterocycles. The van der Waals surface area contributed by atoms with Crippen LogP contribution in [0, 0.1) is 6.92 Å². The van der Waals surface area contributed by atoms with E-state index in [2.05, 4.69) is 43.4 Å². The van der Waals surface area contributed by atoms with Gasteiger partial charge >= 0.3 is 5.97 Å². The molecular formula is C12H18NO2. The molecule has 1 atom stereocenters. The summed E-state index contributed by atoms with van der Waals surface area (Å²) in [7, 11) is 1.99. The number of aliphatic carboxylic acids is 1. The van der Waals surface area contributed by atoms with Crippen LogP contribution < -0.4 is 5.32 Å². The summed E-state index contributed by atoms with van der Waals surface area (Å²) in [5, 5.41) is 10.5. The Morgan fingerprint density at radius 2 is 1.93 bits per heavy atom. The highest BCUT2D eigenvalue weighted by Crippen LogP contribution is 2.01. The second kappa shape index (κ2) is 8.00. The van der Waals surface area contributed by atoms with Gasteiger partial charge in [0.25, 0.3) is 0 Å². The van der Waals surface area contributed by atoms with E-state index in [9.17, 15) is 0 Å². The first-order valence-corrected chi connectivity index (χ1v) is 4.82. The van der Waals surface area contributed by atoms with E-state index < -0.39 is 5.97 Å². The largest absolute Gasteiger partial charge is 0.481 e. The second-order valence-corrected chi connectivity index (χ2v) is 3.27. The molecule has 0 aromatic heterocycles. The first kappa shape index (κ1) is 13.7. The van der Waals surface area contributed by atoms with Gasteiger partial charge in [-0.1, -0.05) is 30.3 Å². The Kier molecular flexibility index (Phi) is 7.28. The van der Waals surface area contributed by atoms with Gasteiger partial charge in [-0.05, 0) is 26.0 Å². The van der Waals surface area contributed by atoms with Crippen LogP contribution in [0.2, 0.25) is 0 Å². The van der Waals surface area contributed by atoms with Crippen molar-refractivity contribution in [2.45, 2.75) is 19.4 Å². The molecule has 0 aliphatic rings. The molecule has 1 rings (SSSR count). The van der Waals surface area contributed by atoms with Gasteiger partial charge in [0.05, 0.1) is 6.92 Å². The first-order valence-electron chi connectivity index (χ1n) is 4.82. The Bertz CT molecular complexity index is 268. The predicted octanol–water partition coefficient (Wildman–Crippen LogP) is 1.74. The molecule has 0 amide bonds. The summed E-state index contributed by atoms with van der Waals surface area (Å²) in [5.74, 6) is -1.08. The van der Waals surface area contributed by atoms with Crippen LogP contribution in [0.3, 0.4) is 0 Å². The van der Waals surface area contributed by atoms with E-state index >= 15 is 0 Å². The van der Waals surface area contributed by atoms with E-state index in [1.54, 1.807) is 0 Å². The zero-order valence-electron chi connectivity index (χ0n) is 9.23. The Labute approximate surface area is 91.1 Å². The number of nitrogens with one attached hydrogen (secondary N) is 1.